The van der Waals surface area contributed by atoms with Crippen LogP contribution < -0.4 is 0 Å². The van der Waals surface area contributed by atoms with E-state index < -0.39 is 0 Å². The van der Waals surface area contributed by atoms with Crippen molar-refractivity contribution in [2.45, 2.75) is 0 Å². The lowest BCUT2D eigenvalue weighted by Gasteiger charge is -2.15. The molecule has 8 aromatic rings. The molecule has 8 rings (SSSR count). The van der Waals surface area contributed by atoms with Crippen LogP contribution in [0.5, 0.6) is 0 Å². The minimum Gasteiger partial charge on any atom is -0.254 e. The van der Waals surface area contributed by atoms with Gasteiger partial charge in [-0.05, 0) is 23.8 Å². The van der Waals surface area contributed by atoms with Crippen molar-refractivity contribution in [3.63, 3.8) is 0 Å². The van der Waals surface area contributed by atoms with Crippen molar-refractivity contribution in [1.82, 2.24) is 19.9 Å². The van der Waals surface area contributed by atoms with Crippen LogP contribution in [0, 0.1) is 0 Å². The van der Waals surface area contributed by atoms with E-state index in [-0.39, 0.29) is 0 Å². The number of benzene rings is 5. The number of pyridine rings is 2. The van der Waals surface area contributed by atoms with Gasteiger partial charge in [0.15, 0.2) is 0 Å². The van der Waals surface area contributed by atoms with E-state index in [2.05, 4.69) is 96.0 Å². The van der Waals surface area contributed by atoms with Gasteiger partial charge in [-0.15, -0.1) is 0 Å². The smallest absolute Gasteiger partial charge is 0.0973 e. The topological polar surface area (TPSA) is 51.6 Å². The Morgan fingerprint density at radius 2 is 0.976 bits per heavy atom. The molecule has 0 bridgehead atoms. The Labute approximate surface area is 243 Å². The maximum Gasteiger partial charge on any atom is 0.0973 e. The molecule has 0 aliphatic carbocycles. The summed E-state index contributed by atoms with van der Waals surface area (Å²) in [7, 11) is 0. The molecule has 5 aromatic carbocycles. The molecule has 4 nitrogen and oxygen atoms in total. The number of rotatable bonds is 4. The van der Waals surface area contributed by atoms with Gasteiger partial charge >= 0.3 is 0 Å². The van der Waals surface area contributed by atoms with E-state index in [0.29, 0.717) is 0 Å². The molecule has 4 heteroatoms. The van der Waals surface area contributed by atoms with E-state index in [9.17, 15) is 0 Å². The van der Waals surface area contributed by atoms with Gasteiger partial charge in [0.05, 0.1) is 39.1 Å². The third-order valence-electron chi connectivity index (χ3n) is 7.71. The minimum absolute atomic E-state index is 0.850. The van der Waals surface area contributed by atoms with Crippen LogP contribution in [0.3, 0.4) is 0 Å². The Morgan fingerprint density at radius 1 is 0.357 bits per heavy atom. The second kappa shape index (κ2) is 10.0. The molecular weight excluding hydrogens is 512 g/mol. The molecule has 0 N–H and O–H groups in total. The highest BCUT2D eigenvalue weighted by Gasteiger charge is 2.18. The van der Waals surface area contributed by atoms with E-state index in [1.165, 1.54) is 0 Å². The van der Waals surface area contributed by atoms with Crippen LogP contribution in [0.1, 0.15) is 0 Å². The van der Waals surface area contributed by atoms with E-state index in [1.54, 1.807) is 0 Å². The van der Waals surface area contributed by atoms with Gasteiger partial charge in [0.25, 0.3) is 0 Å². The Bertz CT molecular complexity index is 2240. The lowest BCUT2D eigenvalue weighted by atomic mass is 9.95. The monoisotopic (exact) mass is 536 g/mol. The fourth-order valence-corrected chi connectivity index (χ4v) is 5.70. The van der Waals surface area contributed by atoms with Gasteiger partial charge in [0, 0.05) is 39.2 Å². The molecular formula is C38H24N4. The standard InChI is InChI=1S/C38H24N4/c1-3-11-25(12-4-1)36-37(26-13-5-2-6-14-26)42-38-31(18-9-19-33(38)41-36)29-16-7-8-17-30(29)32-23-22-28-21-20-27-15-10-24-39-34(27)35(28)40-32/h1-24H. The summed E-state index contributed by atoms with van der Waals surface area (Å²) < 4.78 is 0. The zero-order chi connectivity index (χ0) is 27.9. The summed E-state index contributed by atoms with van der Waals surface area (Å²) in [6.07, 6.45) is 1.83. The molecule has 196 valence electrons. The molecule has 0 aliphatic rings. The second-order valence-electron chi connectivity index (χ2n) is 10.3. The third-order valence-corrected chi connectivity index (χ3v) is 7.71. The van der Waals surface area contributed by atoms with E-state index in [4.69, 9.17) is 15.0 Å². The number of nitrogens with zero attached hydrogens (tertiary/aromatic N) is 4. The van der Waals surface area contributed by atoms with Crippen molar-refractivity contribution in [3.8, 4) is 44.9 Å². The lowest BCUT2D eigenvalue weighted by molar-refractivity contribution is 1.29. The van der Waals surface area contributed by atoms with Crippen LogP contribution in [-0.2, 0) is 0 Å². The zero-order valence-corrected chi connectivity index (χ0v) is 22.6. The van der Waals surface area contributed by atoms with Crippen LogP contribution in [-0.4, -0.2) is 19.9 Å². The van der Waals surface area contributed by atoms with Crippen LogP contribution in [0.15, 0.2) is 146 Å². The van der Waals surface area contributed by atoms with Gasteiger partial charge in [-0.3, -0.25) is 4.98 Å². The van der Waals surface area contributed by atoms with Gasteiger partial charge in [-0.2, -0.15) is 0 Å². The molecule has 0 saturated heterocycles. The van der Waals surface area contributed by atoms with Crippen LogP contribution in [0.25, 0.3) is 77.7 Å². The molecule has 0 spiro atoms. The van der Waals surface area contributed by atoms with Crippen molar-refractivity contribution in [2.75, 3.05) is 0 Å². The fourth-order valence-electron chi connectivity index (χ4n) is 5.70. The first kappa shape index (κ1) is 24.1. The molecule has 3 heterocycles. The molecule has 0 amide bonds. The number of para-hydroxylation sites is 1. The highest BCUT2D eigenvalue weighted by Crippen LogP contribution is 2.38. The molecule has 0 atom stereocenters. The molecule has 0 aliphatic heterocycles. The van der Waals surface area contributed by atoms with Crippen molar-refractivity contribution in [1.29, 1.82) is 0 Å². The molecule has 0 fully saturated rings. The number of hydrogen-bond donors (Lipinski definition) is 0. The highest BCUT2D eigenvalue weighted by atomic mass is 14.8. The first-order valence-electron chi connectivity index (χ1n) is 14.0. The highest BCUT2D eigenvalue weighted by molar-refractivity contribution is 6.04. The largest absolute Gasteiger partial charge is 0.254 e. The van der Waals surface area contributed by atoms with Gasteiger partial charge in [-0.25, -0.2) is 15.0 Å². The average molecular weight is 537 g/mol. The summed E-state index contributed by atoms with van der Waals surface area (Å²) >= 11 is 0. The van der Waals surface area contributed by atoms with Crippen molar-refractivity contribution < 1.29 is 0 Å². The zero-order valence-electron chi connectivity index (χ0n) is 22.6. The lowest BCUT2D eigenvalue weighted by Crippen LogP contribution is -1.98. The Hall–Kier alpha value is -5.74. The molecule has 3 aromatic heterocycles. The van der Waals surface area contributed by atoms with Crippen LogP contribution in [0.2, 0.25) is 0 Å². The number of hydrogen-bond acceptors (Lipinski definition) is 4. The maximum absolute atomic E-state index is 5.33. The quantitative estimate of drug-likeness (QED) is 0.210. The number of fused-ring (bicyclic) bond motifs is 4. The van der Waals surface area contributed by atoms with Crippen LogP contribution >= 0.6 is 0 Å². The molecule has 0 radical (unpaired) electrons. The summed E-state index contributed by atoms with van der Waals surface area (Å²) in [6.45, 7) is 0. The molecule has 0 unspecified atom stereocenters. The second-order valence-corrected chi connectivity index (χ2v) is 10.3. The number of aromatic nitrogens is 4. The summed E-state index contributed by atoms with van der Waals surface area (Å²) in [5.74, 6) is 0. The predicted molar refractivity (Wildman–Crippen MR) is 172 cm³/mol. The van der Waals surface area contributed by atoms with Gasteiger partial charge < -0.3 is 0 Å². The summed E-state index contributed by atoms with van der Waals surface area (Å²) in [6, 6.07) is 47.7. The third kappa shape index (κ3) is 4.09. The summed E-state index contributed by atoms with van der Waals surface area (Å²) in [5.41, 5.74) is 11.3. The summed E-state index contributed by atoms with van der Waals surface area (Å²) in [5, 5.41) is 2.15. The van der Waals surface area contributed by atoms with Crippen molar-refractivity contribution in [2.24, 2.45) is 0 Å². The molecule has 0 saturated carbocycles. The van der Waals surface area contributed by atoms with Crippen molar-refractivity contribution in [3.05, 3.63) is 146 Å². The fraction of sp³-hybridized carbons (Fsp3) is 0. The van der Waals surface area contributed by atoms with Crippen molar-refractivity contribution >= 4 is 32.8 Å². The Morgan fingerprint density at radius 3 is 1.74 bits per heavy atom. The summed E-state index contributed by atoms with van der Waals surface area (Å²) in [4.78, 5) is 20.3. The first-order valence-corrected chi connectivity index (χ1v) is 14.0. The molecule has 42 heavy (non-hydrogen) atoms. The van der Waals surface area contributed by atoms with Crippen LogP contribution in [0.4, 0.5) is 0 Å². The SMILES string of the molecule is c1ccc(-c2nc3cccc(-c4ccccc4-c4ccc5ccc6cccnc6c5n4)c3nc2-c2ccccc2)cc1. The normalized spacial score (nSPS) is 11.3. The Kier molecular flexibility index (Phi) is 5.75. The average Bonchev–Trinajstić information content (AvgIpc) is 3.08. The predicted octanol–water partition coefficient (Wildman–Crippen LogP) is 9.39. The Balaban J connectivity index is 1.37. The van der Waals surface area contributed by atoms with Gasteiger partial charge in [0.2, 0.25) is 0 Å². The van der Waals surface area contributed by atoms with E-state index in [0.717, 1.165) is 77.7 Å². The first-order chi connectivity index (χ1) is 20.8. The minimum atomic E-state index is 0.850. The van der Waals surface area contributed by atoms with Gasteiger partial charge in [-0.1, -0.05) is 121 Å². The van der Waals surface area contributed by atoms with Gasteiger partial charge in [0.1, 0.15) is 0 Å². The van der Waals surface area contributed by atoms with E-state index in [1.807, 2.05) is 54.7 Å². The van der Waals surface area contributed by atoms with E-state index >= 15 is 0 Å². The maximum atomic E-state index is 5.33.